The van der Waals surface area contributed by atoms with Crippen molar-refractivity contribution in [1.29, 1.82) is 0 Å². The van der Waals surface area contributed by atoms with E-state index in [1.165, 1.54) is 7.11 Å². The Kier molecular flexibility index (Phi) is 8.82. The molecule has 1 heterocycles. The van der Waals surface area contributed by atoms with Crippen LogP contribution in [0, 0.1) is 6.92 Å². The number of fused-ring (bicyclic) bond motifs is 2. The molecule has 0 spiro atoms. The van der Waals surface area contributed by atoms with Gasteiger partial charge < -0.3 is 24.1 Å². The minimum absolute atomic E-state index is 0.218. The maximum Gasteiger partial charge on any atom is 0.328 e. The summed E-state index contributed by atoms with van der Waals surface area (Å²) in [5.74, 6) is 0.457. The van der Waals surface area contributed by atoms with Gasteiger partial charge in [0.15, 0.2) is 11.0 Å². The summed E-state index contributed by atoms with van der Waals surface area (Å²) in [4.78, 5) is 29.3. The van der Waals surface area contributed by atoms with Gasteiger partial charge in [0.05, 0.1) is 13.7 Å². The number of carbonyl (C=O) groups is 1. The Balaban J connectivity index is 0.000000375. The Morgan fingerprint density at radius 3 is 2.24 bits per heavy atom. The van der Waals surface area contributed by atoms with Crippen LogP contribution in [0.1, 0.15) is 11.1 Å². The van der Waals surface area contributed by atoms with Gasteiger partial charge in [-0.1, -0.05) is 66.2 Å². The summed E-state index contributed by atoms with van der Waals surface area (Å²) in [6.07, 6.45) is 0.501. The highest BCUT2D eigenvalue weighted by Gasteiger charge is 2.20. The van der Waals surface area contributed by atoms with Crippen LogP contribution in [0.2, 0.25) is 0 Å². The summed E-state index contributed by atoms with van der Waals surface area (Å²) in [7, 11) is 3.33. The van der Waals surface area contributed by atoms with E-state index in [1.807, 2.05) is 116 Å². The van der Waals surface area contributed by atoms with Crippen LogP contribution in [0.3, 0.4) is 0 Å². The molecule has 214 valence electrons. The Bertz CT molecular complexity index is 1700. The van der Waals surface area contributed by atoms with Gasteiger partial charge in [-0.25, -0.2) is 4.79 Å². The fourth-order valence-corrected chi connectivity index (χ4v) is 4.40. The highest BCUT2D eigenvalue weighted by atomic mass is 16.5. The van der Waals surface area contributed by atoms with Crippen LogP contribution in [0.15, 0.2) is 106 Å². The lowest BCUT2D eigenvalue weighted by molar-refractivity contribution is -0.141. The predicted molar refractivity (Wildman–Crippen MR) is 166 cm³/mol. The van der Waals surface area contributed by atoms with Gasteiger partial charge in [0.2, 0.25) is 0 Å². The molecule has 0 aliphatic heterocycles. The monoisotopic (exact) mass is 563 g/mol. The standard InChI is InChI=1S/C27H29N3O4.C7H4O/c1-19-8-12-21(13-9-19)28-24(26(31)32-3)18-20-10-14-22(15-11-20)33-17-16-30(2)27-29-23-6-4-5-7-25(23)34-27;8-7-5-3-1-2-4-6(5)7/h4-15,24,28H,16-18H2,1-3H3;1-4H. The summed E-state index contributed by atoms with van der Waals surface area (Å²) < 4.78 is 16.7. The lowest BCUT2D eigenvalue weighted by Gasteiger charge is -2.18. The van der Waals surface area contributed by atoms with Crippen molar-refractivity contribution in [3.05, 3.63) is 118 Å². The number of benzene rings is 4. The zero-order valence-corrected chi connectivity index (χ0v) is 23.9. The van der Waals surface area contributed by atoms with E-state index in [4.69, 9.17) is 13.9 Å². The zero-order valence-electron chi connectivity index (χ0n) is 23.9. The lowest BCUT2D eigenvalue weighted by atomic mass is 10.1. The number of anilines is 2. The van der Waals surface area contributed by atoms with Crippen LogP contribution in [0.4, 0.5) is 11.7 Å². The van der Waals surface area contributed by atoms with Gasteiger partial charge in [-0.3, -0.25) is 4.79 Å². The molecule has 8 nitrogen and oxygen atoms in total. The third-order valence-corrected chi connectivity index (χ3v) is 6.90. The summed E-state index contributed by atoms with van der Waals surface area (Å²) in [5, 5.41) is 5.06. The number of ether oxygens (including phenoxy) is 2. The minimum Gasteiger partial charge on any atom is -0.492 e. The number of hydrogen-bond donors (Lipinski definition) is 1. The number of esters is 1. The fraction of sp³-hybridized carbons (Fsp3) is 0.206. The van der Waals surface area contributed by atoms with Crippen LogP contribution >= 0.6 is 0 Å². The van der Waals surface area contributed by atoms with Gasteiger partial charge >= 0.3 is 5.97 Å². The zero-order chi connectivity index (χ0) is 29.5. The number of nitrogens with one attached hydrogen (secondary N) is 1. The molecule has 1 aromatic heterocycles. The number of aromatic nitrogens is 1. The van der Waals surface area contributed by atoms with Gasteiger partial charge in [-0.15, -0.1) is 0 Å². The van der Waals surface area contributed by atoms with Crippen molar-refractivity contribution in [3.63, 3.8) is 0 Å². The van der Waals surface area contributed by atoms with E-state index in [1.54, 1.807) is 0 Å². The Morgan fingerprint density at radius 2 is 1.60 bits per heavy atom. The molecule has 0 amide bonds. The van der Waals surface area contributed by atoms with Gasteiger partial charge in [0.25, 0.3) is 6.01 Å². The van der Waals surface area contributed by atoms with Crippen LogP contribution in [-0.4, -0.2) is 44.3 Å². The SMILES string of the molecule is COC(=O)C(Cc1ccc(OCCN(C)c2nc3ccccc3o2)cc1)Nc1ccc(C)cc1.O=c1c2ccccc12. The van der Waals surface area contributed by atoms with Crippen molar-refractivity contribution < 1.29 is 18.7 Å². The number of nitrogens with zero attached hydrogens (tertiary/aromatic N) is 2. The second-order valence-electron chi connectivity index (χ2n) is 10.0. The summed E-state index contributed by atoms with van der Waals surface area (Å²) >= 11 is 0. The number of para-hydroxylation sites is 2. The molecule has 8 heteroatoms. The maximum absolute atomic E-state index is 12.3. The van der Waals surface area contributed by atoms with E-state index in [9.17, 15) is 9.59 Å². The van der Waals surface area contributed by atoms with Crippen molar-refractivity contribution in [2.24, 2.45) is 0 Å². The molecule has 1 N–H and O–H groups in total. The predicted octanol–water partition coefficient (Wildman–Crippen LogP) is 5.92. The van der Waals surface area contributed by atoms with Crippen LogP contribution < -0.4 is 20.4 Å². The number of methoxy groups -OCH3 is 1. The van der Waals surface area contributed by atoms with Gasteiger partial charge in [-0.2, -0.15) is 4.98 Å². The second kappa shape index (κ2) is 13.0. The number of likely N-dealkylation sites (N-methyl/N-ethyl adjacent to an activating group) is 1. The molecule has 1 unspecified atom stereocenters. The average molecular weight is 564 g/mol. The smallest absolute Gasteiger partial charge is 0.328 e. The number of aryl methyl sites for hydroxylation is 1. The molecule has 0 aliphatic carbocycles. The molecule has 0 saturated carbocycles. The Hall–Kier alpha value is -5.11. The number of oxazole rings is 1. The first kappa shape index (κ1) is 28.4. The summed E-state index contributed by atoms with van der Waals surface area (Å²) in [6.45, 7) is 3.13. The third kappa shape index (κ3) is 7.14. The van der Waals surface area contributed by atoms with E-state index < -0.39 is 6.04 Å². The number of hydrogen-bond acceptors (Lipinski definition) is 8. The molecule has 1 atom stereocenters. The highest BCUT2D eigenvalue weighted by Crippen LogP contribution is 2.21. The molecular formula is C34H33N3O5. The molecule has 42 heavy (non-hydrogen) atoms. The van der Waals surface area contributed by atoms with Crippen LogP contribution in [0.5, 0.6) is 5.75 Å². The molecule has 0 radical (unpaired) electrons. The van der Waals surface area contributed by atoms with Crippen LogP contribution in [0.25, 0.3) is 21.9 Å². The number of carbonyl (C=O) groups excluding carboxylic acids is 1. The number of rotatable bonds is 10. The quantitative estimate of drug-likeness (QED) is 0.205. The Labute approximate surface area is 244 Å². The molecule has 6 aromatic rings. The van der Waals surface area contributed by atoms with Crippen molar-refractivity contribution in [3.8, 4) is 5.75 Å². The third-order valence-electron chi connectivity index (χ3n) is 6.90. The van der Waals surface area contributed by atoms with Crippen molar-refractivity contribution in [2.75, 3.05) is 37.5 Å². The fourth-order valence-electron chi connectivity index (χ4n) is 4.40. The minimum atomic E-state index is -0.482. The van der Waals surface area contributed by atoms with Gasteiger partial charge in [0, 0.05) is 29.9 Å². The largest absolute Gasteiger partial charge is 0.492 e. The summed E-state index contributed by atoms with van der Waals surface area (Å²) in [6, 6.07) is 30.9. The van der Waals surface area contributed by atoms with Gasteiger partial charge in [-0.05, 0) is 48.9 Å². The van der Waals surface area contributed by atoms with E-state index in [0.717, 1.165) is 44.4 Å². The van der Waals surface area contributed by atoms with E-state index >= 15 is 0 Å². The first-order valence-corrected chi connectivity index (χ1v) is 13.7. The molecular weight excluding hydrogens is 530 g/mol. The van der Waals surface area contributed by atoms with E-state index in [-0.39, 0.29) is 11.4 Å². The maximum atomic E-state index is 12.3. The van der Waals surface area contributed by atoms with Crippen LogP contribution in [-0.2, 0) is 16.0 Å². The molecule has 5 aromatic carbocycles. The molecule has 0 saturated heterocycles. The molecule has 0 fully saturated rings. The van der Waals surface area contributed by atoms with E-state index in [0.29, 0.717) is 25.6 Å². The van der Waals surface area contributed by atoms with E-state index in [2.05, 4.69) is 10.3 Å². The first-order valence-electron chi connectivity index (χ1n) is 13.7. The molecule has 6 rings (SSSR count). The molecule has 0 aliphatic rings. The van der Waals surface area contributed by atoms with Crippen molar-refractivity contribution in [2.45, 2.75) is 19.4 Å². The summed E-state index contributed by atoms with van der Waals surface area (Å²) in [5.41, 5.74) is 4.87. The average Bonchev–Trinajstić information content (AvgIpc) is 3.46. The lowest BCUT2D eigenvalue weighted by Crippen LogP contribution is -2.32. The van der Waals surface area contributed by atoms with Gasteiger partial charge in [0.1, 0.15) is 23.9 Å². The topological polar surface area (TPSA) is 93.9 Å². The Morgan fingerprint density at radius 1 is 0.929 bits per heavy atom. The van der Waals surface area contributed by atoms with Crippen molar-refractivity contribution in [1.82, 2.24) is 4.98 Å². The molecule has 0 bridgehead atoms. The highest BCUT2D eigenvalue weighted by molar-refractivity contribution is 5.97. The van der Waals surface area contributed by atoms with Crippen molar-refractivity contribution >= 4 is 39.5 Å². The normalized spacial score (nSPS) is 11.6. The first-order chi connectivity index (χ1) is 20.4. The second-order valence-corrected chi connectivity index (χ2v) is 10.0.